The topological polar surface area (TPSA) is 31.2 Å². The summed E-state index contributed by atoms with van der Waals surface area (Å²) in [6, 6.07) is 13.9. The van der Waals surface area contributed by atoms with Crippen LogP contribution in [0, 0.1) is 5.82 Å². The van der Waals surface area contributed by atoms with Gasteiger partial charge in [0.05, 0.1) is 18.2 Å². The molecule has 2 aromatic carbocycles. The van der Waals surface area contributed by atoms with Crippen molar-refractivity contribution in [1.82, 2.24) is 4.57 Å². The fourth-order valence-electron chi connectivity index (χ4n) is 2.93. The molecule has 3 rings (SSSR count). The maximum Gasteiger partial charge on any atom is 0.266 e. The summed E-state index contributed by atoms with van der Waals surface area (Å²) >= 11 is 0. The highest BCUT2D eigenvalue weighted by molar-refractivity contribution is 5.83. The molecule has 0 aliphatic heterocycles. The number of methoxy groups -OCH3 is 1. The van der Waals surface area contributed by atoms with Crippen LogP contribution in [0.1, 0.15) is 26.5 Å². The van der Waals surface area contributed by atoms with E-state index in [-0.39, 0.29) is 16.4 Å². The molecule has 0 aliphatic carbocycles. The average Bonchev–Trinajstić information content (AvgIpc) is 2.53. The zero-order valence-corrected chi connectivity index (χ0v) is 14.3. The van der Waals surface area contributed by atoms with Gasteiger partial charge >= 0.3 is 0 Å². The van der Waals surface area contributed by atoms with Crippen LogP contribution < -0.4 is 10.3 Å². The minimum absolute atomic E-state index is 0.0939. The Morgan fingerprint density at radius 3 is 2.42 bits per heavy atom. The number of aromatic nitrogens is 1. The zero-order valence-electron chi connectivity index (χ0n) is 14.3. The SMILES string of the molecule is COc1ccccc1-n1c(C(C)(C)C)cc2cccc(F)c2c1=O. The molecule has 0 unspecified atom stereocenters. The summed E-state index contributed by atoms with van der Waals surface area (Å²) in [6.45, 7) is 6.08. The molecule has 0 N–H and O–H groups in total. The predicted molar refractivity (Wildman–Crippen MR) is 94.8 cm³/mol. The lowest BCUT2D eigenvalue weighted by Crippen LogP contribution is -2.29. The van der Waals surface area contributed by atoms with Gasteiger partial charge in [0.2, 0.25) is 0 Å². The number of halogens is 1. The zero-order chi connectivity index (χ0) is 17.5. The first-order chi connectivity index (χ1) is 11.3. The third-order valence-electron chi connectivity index (χ3n) is 4.09. The third kappa shape index (κ3) is 2.58. The van der Waals surface area contributed by atoms with E-state index in [2.05, 4.69) is 0 Å². The molecule has 0 fully saturated rings. The van der Waals surface area contributed by atoms with Crippen LogP contribution in [0.25, 0.3) is 16.5 Å². The lowest BCUT2D eigenvalue weighted by atomic mass is 9.89. The first-order valence-corrected chi connectivity index (χ1v) is 7.83. The summed E-state index contributed by atoms with van der Waals surface area (Å²) in [5.41, 5.74) is 0.732. The van der Waals surface area contributed by atoms with E-state index in [0.717, 1.165) is 5.69 Å². The number of pyridine rings is 1. The molecular formula is C20H20FNO2. The number of hydrogen-bond acceptors (Lipinski definition) is 2. The Labute approximate surface area is 140 Å². The molecule has 0 saturated heterocycles. The third-order valence-corrected chi connectivity index (χ3v) is 4.09. The Morgan fingerprint density at radius 2 is 1.75 bits per heavy atom. The smallest absolute Gasteiger partial charge is 0.266 e. The Kier molecular flexibility index (Phi) is 3.91. The van der Waals surface area contributed by atoms with E-state index in [1.165, 1.54) is 6.07 Å². The van der Waals surface area contributed by atoms with E-state index in [9.17, 15) is 9.18 Å². The highest BCUT2D eigenvalue weighted by Crippen LogP contribution is 2.30. The molecular weight excluding hydrogens is 305 g/mol. The van der Waals surface area contributed by atoms with Crippen LogP contribution in [0.15, 0.2) is 53.3 Å². The second-order valence-corrected chi connectivity index (χ2v) is 6.80. The molecule has 0 spiro atoms. The number of benzene rings is 2. The Morgan fingerprint density at radius 1 is 1.04 bits per heavy atom. The van der Waals surface area contributed by atoms with Crippen LogP contribution in [-0.4, -0.2) is 11.7 Å². The van der Waals surface area contributed by atoms with Gasteiger partial charge in [0.1, 0.15) is 11.6 Å². The van der Waals surface area contributed by atoms with E-state index in [1.54, 1.807) is 29.9 Å². The van der Waals surface area contributed by atoms with E-state index < -0.39 is 5.82 Å². The van der Waals surface area contributed by atoms with Gasteiger partial charge < -0.3 is 4.74 Å². The molecule has 3 aromatic rings. The molecule has 4 heteroatoms. The molecule has 0 saturated carbocycles. The second kappa shape index (κ2) is 5.78. The summed E-state index contributed by atoms with van der Waals surface area (Å²) in [5.74, 6) is 0.0578. The van der Waals surface area contributed by atoms with E-state index >= 15 is 0 Å². The molecule has 0 atom stereocenters. The molecule has 1 heterocycles. The van der Waals surface area contributed by atoms with Gasteiger partial charge in [0.25, 0.3) is 5.56 Å². The number of fused-ring (bicyclic) bond motifs is 1. The van der Waals surface area contributed by atoms with E-state index in [0.29, 0.717) is 16.8 Å². The molecule has 0 bridgehead atoms. The van der Waals surface area contributed by atoms with Crippen LogP contribution in [0.5, 0.6) is 5.75 Å². The van der Waals surface area contributed by atoms with Gasteiger partial charge in [-0.2, -0.15) is 0 Å². The van der Waals surface area contributed by atoms with Gasteiger partial charge in [0.15, 0.2) is 0 Å². The quantitative estimate of drug-likeness (QED) is 0.698. The average molecular weight is 325 g/mol. The molecule has 1 aromatic heterocycles. The first kappa shape index (κ1) is 16.2. The predicted octanol–water partition coefficient (Wildman–Crippen LogP) is 4.44. The summed E-state index contributed by atoms with van der Waals surface area (Å²) in [5, 5.41) is 0.701. The second-order valence-electron chi connectivity index (χ2n) is 6.80. The largest absolute Gasteiger partial charge is 0.495 e. The number of hydrogen-bond donors (Lipinski definition) is 0. The lowest BCUT2D eigenvalue weighted by molar-refractivity contribution is 0.411. The van der Waals surface area contributed by atoms with Crippen molar-refractivity contribution in [2.45, 2.75) is 26.2 Å². The Balaban J connectivity index is 2.52. The summed E-state index contributed by atoms with van der Waals surface area (Å²) in [7, 11) is 1.56. The van der Waals surface area contributed by atoms with E-state index in [1.807, 2.05) is 45.0 Å². The van der Waals surface area contributed by atoms with Crippen molar-refractivity contribution in [3.63, 3.8) is 0 Å². The van der Waals surface area contributed by atoms with Crippen LogP contribution in [-0.2, 0) is 5.41 Å². The number of rotatable bonds is 2. The maximum absolute atomic E-state index is 14.3. The van der Waals surface area contributed by atoms with E-state index in [4.69, 9.17) is 4.74 Å². The Hall–Kier alpha value is -2.62. The Bertz CT molecular complexity index is 968. The van der Waals surface area contributed by atoms with Crippen molar-refractivity contribution in [1.29, 1.82) is 0 Å². The maximum atomic E-state index is 14.3. The molecule has 3 nitrogen and oxygen atoms in total. The number of ether oxygens (including phenoxy) is 1. The van der Waals surface area contributed by atoms with Gasteiger partial charge in [-0.05, 0) is 29.7 Å². The summed E-state index contributed by atoms with van der Waals surface area (Å²) in [4.78, 5) is 13.2. The molecule has 0 amide bonds. The highest BCUT2D eigenvalue weighted by Gasteiger charge is 2.24. The van der Waals surface area contributed by atoms with Crippen molar-refractivity contribution in [2.24, 2.45) is 0 Å². The lowest BCUT2D eigenvalue weighted by Gasteiger charge is -2.26. The summed E-state index contributed by atoms with van der Waals surface area (Å²) in [6.07, 6.45) is 0. The minimum atomic E-state index is -0.512. The van der Waals surface area contributed by atoms with Crippen LogP contribution >= 0.6 is 0 Å². The highest BCUT2D eigenvalue weighted by atomic mass is 19.1. The normalized spacial score (nSPS) is 11.7. The van der Waals surface area contributed by atoms with Crippen molar-refractivity contribution >= 4 is 10.8 Å². The van der Waals surface area contributed by atoms with Gasteiger partial charge in [-0.25, -0.2) is 4.39 Å². The van der Waals surface area contributed by atoms with Crippen molar-refractivity contribution in [3.8, 4) is 11.4 Å². The van der Waals surface area contributed by atoms with Crippen LogP contribution in [0.3, 0.4) is 0 Å². The van der Waals surface area contributed by atoms with Gasteiger partial charge in [-0.15, -0.1) is 0 Å². The molecule has 124 valence electrons. The number of para-hydroxylation sites is 2. The van der Waals surface area contributed by atoms with Crippen molar-refractivity contribution in [3.05, 3.63) is 70.4 Å². The van der Waals surface area contributed by atoms with Gasteiger partial charge in [-0.1, -0.05) is 45.0 Å². The minimum Gasteiger partial charge on any atom is -0.495 e. The summed E-state index contributed by atoms with van der Waals surface area (Å²) < 4.78 is 21.3. The van der Waals surface area contributed by atoms with Crippen LogP contribution in [0.2, 0.25) is 0 Å². The first-order valence-electron chi connectivity index (χ1n) is 7.83. The fourth-order valence-corrected chi connectivity index (χ4v) is 2.93. The molecule has 0 radical (unpaired) electrons. The fraction of sp³-hybridized carbons (Fsp3) is 0.250. The van der Waals surface area contributed by atoms with Gasteiger partial charge in [0, 0.05) is 11.1 Å². The van der Waals surface area contributed by atoms with Crippen molar-refractivity contribution in [2.75, 3.05) is 7.11 Å². The molecule has 24 heavy (non-hydrogen) atoms. The van der Waals surface area contributed by atoms with Gasteiger partial charge in [-0.3, -0.25) is 9.36 Å². The number of nitrogens with zero attached hydrogens (tertiary/aromatic N) is 1. The van der Waals surface area contributed by atoms with Crippen molar-refractivity contribution < 1.29 is 9.13 Å². The molecule has 0 aliphatic rings. The standard InChI is InChI=1S/C20H20FNO2/c1-20(2,3)17-12-13-8-7-9-14(21)18(13)19(23)22(17)15-10-5-6-11-16(15)24-4/h5-12H,1-4H3. The van der Waals surface area contributed by atoms with Crippen LogP contribution in [0.4, 0.5) is 4.39 Å². The monoisotopic (exact) mass is 325 g/mol.